The maximum atomic E-state index is 13.4. The van der Waals surface area contributed by atoms with Crippen LogP contribution in [0.2, 0.25) is 5.02 Å². The third kappa shape index (κ3) is 4.71. The van der Waals surface area contributed by atoms with Crippen molar-refractivity contribution < 1.29 is 18.4 Å². The maximum absolute atomic E-state index is 13.4. The van der Waals surface area contributed by atoms with Crippen LogP contribution in [0.5, 0.6) is 0 Å². The van der Waals surface area contributed by atoms with Crippen LogP contribution in [0, 0.1) is 18.6 Å². The van der Waals surface area contributed by atoms with E-state index in [1.807, 2.05) is 13.0 Å². The molecule has 0 radical (unpaired) electrons. The molecule has 2 heterocycles. The number of benzene rings is 2. The van der Waals surface area contributed by atoms with Gasteiger partial charge in [-0.05, 0) is 49.6 Å². The van der Waals surface area contributed by atoms with Crippen LogP contribution in [-0.2, 0) is 0 Å². The molecule has 4 rings (SSSR count). The number of carbonyl (C=O) groups is 2. The van der Waals surface area contributed by atoms with Crippen molar-refractivity contribution in [3.63, 3.8) is 0 Å². The van der Waals surface area contributed by atoms with E-state index in [0.29, 0.717) is 28.7 Å². The first-order valence-electron chi connectivity index (χ1n) is 9.75. The minimum absolute atomic E-state index is 0.0542. The molecule has 1 atom stereocenters. The average molecular weight is 478 g/mol. The van der Waals surface area contributed by atoms with Gasteiger partial charge >= 0.3 is 6.03 Å². The molecule has 0 unspecified atom stereocenters. The molecule has 7 nitrogen and oxygen atoms in total. The minimum atomic E-state index is -1.07. The lowest BCUT2D eigenvalue weighted by Crippen LogP contribution is -2.34. The molecule has 3 aromatic rings. The quantitative estimate of drug-likeness (QED) is 0.526. The first-order chi connectivity index (χ1) is 15.3. The van der Waals surface area contributed by atoms with Crippen LogP contribution in [0.1, 0.15) is 39.3 Å². The van der Waals surface area contributed by atoms with Crippen molar-refractivity contribution in [3.05, 3.63) is 68.6 Å². The topological polar surface area (TPSA) is 87.2 Å². The van der Waals surface area contributed by atoms with Crippen LogP contribution in [0.25, 0.3) is 0 Å². The number of hydrogen-bond donors (Lipinski definition) is 2. The van der Waals surface area contributed by atoms with E-state index in [2.05, 4.69) is 20.8 Å². The summed E-state index contributed by atoms with van der Waals surface area (Å²) < 4.78 is 26.4. The van der Waals surface area contributed by atoms with Gasteiger partial charge in [-0.2, -0.15) is 0 Å². The maximum Gasteiger partial charge on any atom is 0.322 e. The number of nitrogens with one attached hydrogen (secondary N) is 2. The summed E-state index contributed by atoms with van der Waals surface area (Å²) >= 11 is 7.26. The fraction of sp³-hybridized carbons (Fsp3) is 0.238. The number of rotatable bonds is 4. The molecule has 0 saturated carbocycles. The first kappa shape index (κ1) is 22.1. The number of aromatic nitrogens is 2. The molecule has 166 valence electrons. The predicted molar refractivity (Wildman–Crippen MR) is 118 cm³/mol. The predicted octanol–water partition coefficient (Wildman–Crippen LogP) is 5.40. The fourth-order valence-electron chi connectivity index (χ4n) is 3.39. The highest BCUT2D eigenvalue weighted by molar-refractivity contribution is 7.13. The second-order valence-corrected chi connectivity index (χ2v) is 8.71. The summed E-state index contributed by atoms with van der Waals surface area (Å²) in [6.45, 7) is 2.43. The van der Waals surface area contributed by atoms with E-state index in [-0.39, 0.29) is 22.8 Å². The summed E-state index contributed by atoms with van der Waals surface area (Å²) in [5, 5.41) is 14.3. The monoisotopic (exact) mass is 477 g/mol. The number of urea groups is 1. The summed E-state index contributed by atoms with van der Waals surface area (Å²) in [6, 6.07) is 7.76. The molecule has 1 aromatic heterocycles. The molecule has 0 bridgehead atoms. The fourth-order valence-corrected chi connectivity index (χ4v) is 4.56. The molecule has 1 aliphatic rings. The molecule has 32 heavy (non-hydrogen) atoms. The largest absolute Gasteiger partial charge is 0.322 e. The zero-order valence-electron chi connectivity index (χ0n) is 16.9. The van der Waals surface area contributed by atoms with E-state index in [9.17, 15) is 18.4 Å². The van der Waals surface area contributed by atoms with Gasteiger partial charge in [-0.15, -0.1) is 10.2 Å². The number of likely N-dealkylation sites (tertiary alicyclic amines) is 1. The second-order valence-electron chi connectivity index (χ2n) is 7.29. The van der Waals surface area contributed by atoms with E-state index < -0.39 is 17.5 Å². The van der Waals surface area contributed by atoms with Crippen LogP contribution < -0.4 is 10.6 Å². The van der Waals surface area contributed by atoms with Crippen molar-refractivity contribution in [3.8, 4) is 0 Å². The Kier molecular flexibility index (Phi) is 6.33. The number of hydrogen-bond acceptors (Lipinski definition) is 5. The average Bonchev–Trinajstić information content (AvgIpc) is 3.42. The second kappa shape index (κ2) is 9.17. The highest BCUT2D eigenvalue weighted by atomic mass is 35.5. The van der Waals surface area contributed by atoms with E-state index in [1.165, 1.54) is 6.07 Å². The van der Waals surface area contributed by atoms with Crippen molar-refractivity contribution >= 4 is 46.3 Å². The van der Waals surface area contributed by atoms with E-state index in [1.54, 1.807) is 17.0 Å². The third-order valence-electron chi connectivity index (χ3n) is 4.98. The Hall–Kier alpha value is -3.11. The number of halogens is 3. The number of carbonyl (C=O) groups excluding carboxylic acids is 2. The van der Waals surface area contributed by atoms with Crippen LogP contribution in [-0.4, -0.2) is 33.6 Å². The third-order valence-corrected chi connectivity index (χ3v) is 6.31. The molecular formula is C21H18ClF2N5O2S. The van der Waals surface area contributed by atoms with Crippen molar-refractivity contribution in [2.45, 2.75) is 25.8 Å². The number of anilines is 2. The first-order valence-corrected chi connectivity index (χ1v) is 10.9. The lowest BCUT2D eigenvalue weighted by molar-refractivity contribution is 0.102. The molecule has 11 heteroatoms. The Morgan fingerprint density at radius 2 is 1.94 bits per heavy atom. The Morgan fingerprint density at radius 3 is 2.69 bits per heavy atom. The van der Waals surface area contributed by atoms with Crippen LogP contribution in [0.4, 0.5) is 25.0 Å². The number of aryl methyl sites for hydroxylation is 1. The number of amides is 3. The molecule has 2 N–H and O–H groups in total. The Morgan fingerprint density at radius 1 is 1.12 bits per heavy atom. The SMILES string of the molecule is Cc1ccc(NC(=O)N2CCC[C@@H]2c2nnc(C(=O)Nc3ccc(F)c(F)c3)s2)c(Cl)c1. The summed E-state index contributed by atoms with van der Waals surface area (Å²) in [4.78, 5) is 26.9. The molecule has 3 amide bonds. The lowest BCUT2D eigenvalue weighted by Gasteiger charge is -2.23. The van der Waals surface area contributed by atoms with Gasteiger partial charge in [-0.3, -0.25) is 4.79 Å². The van der Waals surface area contributed by atoms with Gasteiger partial charge in [0.2, 0.25) is 5.01 Å². The van der Waals surface area contributed by atoms with Gasteiger partial charge in [0.25, 0.3) is 5.91 Å². The Bertz CT molecular complexity index is 1190. The molecular weight excluding hydrogens is 460 g/mol. The van der Waals surface area contributed by atoms with E-state index >= 15 is 0 Å². The molecule has 1 fully saturated rings. The van der Waals surface area contributed by atoms with Crippen molar-refractivity contribution in [2.75, 3.05) is 17.2 Å². The van der Waals surface area contributed by atoms with Gasteiger partial charge in [0, 0.05) is 18.3 Å². The highest BCUT2D eigenvalue weighted by Gasteiger charge is 2.33. The van der Waals surface area contributed by atoms with Gasteiger partial charge < -0.3 is 15.5 Å². The molecule has 1 saturated heterocycles. The van der Waals surface area contributed by atoms with Gasteiger partial charge in [0.1, 0.15) is 5.01 Å². The molecule has 0 aliphatic carbocycles. The van der Waals surface area contributed by atoms with Crippen LogP contribution >= 0.6 is 22.9 Å². The molecule has 2 aromatic carbocycles. The minimum Gasteiger partial charge on any atom is -0.320 e. The van der Waals surface area contributed by atoms with Crippen molar-refractivity contribution in [1.82, 2.24) is 15.1 Å². The van der Waals surface area contributed by atoms with Gasteiger partial charge in [-0.1, -0.05) is 29.0 Å². The zero-order chi connectivity index (χ0) is 22.8. The van der Waals surface area contributed by atoms with Gasteiger partial charge in [0.05, 0.1) is 16.8 Å². The van der Waals surface area contributed by atoms with Crippen molar-refractivity contribution in [2.24, 2.45) is 0 Å². The lowest BCUT2D eigenvalue weighted by atomic mass is 10.2. The summed E-state index contributed by atoms with van der Waals surface area (Å²) in [7, 11) is 0. The van der Waals surface area contributed by atoms with Crippen LogP contribution in [0.15, 0.2) is 36.4 Å². The normalized spacial score (nSPS) is 15.6. The Balaban J connectivity index is 1.45. The van der Waals surface area contributed by atoms with Gasteiger partial charge in [-0.25, -0.2) is 13.6 Å². The summed E-state index contributed by atoms with van der Waals surface area (Å²) in [5.41, 5.74) is 1.59. The van der Waals surface area contributed by atoms with E-state index in [0.717, 1.165) is 35.5 Å². The van der Waals surface area contributed by atoms with Crippen LogP contribution in [0.3, 0.4) is 0 Å². The standard InChI is InChI=1S/C21H18ClF2N5O2S/c1-11-4-7-16(13(22)9-11)26-21(31)29-8-2-3-17(29)19-27-28-20(32-19)18(30)25-12-5-6-14(23)15(24)10-12/h4-7,9-10,17H,2-3,8H2,1H3,(H,25,30)(H,26,31)/t17-/m1/s1. The number of nitrogens with zero attached hydrogens (tertiary/aromatic N) is 3. The van der Waals surface area contributed by atoms with Gasteiger partial charge in [0.15, 0.2) is 11.6 Å². The Labute approximate surface area is 191 Å². The molecule has 0 spiro atoms. The molecule has 1 aliphatic heterocycles. The summed E-state index contributed by atoms with van der Waals surface area (Å²) in [6.07, 6.45) is 1.45. The zero-order valence-corrected chi connectivity index (χ0v) is 18.4. The smallest absolute Gasteiger partial charge is 0.320 e. The highest BCUT2D eigenvalue weighted by Crippen LogP contribution is 2.34. The summed E-state index contributed by atoms with van der Waals surface area (Å²) in [5.74, 6) is -2.67. The van der Waals surface area contributed by atoms with Crippen molar-refractivity contribution in [1.29, 1.82) is 0 Å². The van der Waals surface area contributed by atoms with E-state index in [4.69, 9.17) is 11.6 Å².